The van der Waals surface area contributed by atoms with Crippen LogP contribution in [0.2, 0.25) is 0 Å². The minimum Gasteiger partial charge on any atom is -0.493 e. The summed E-state index contributed by atoms with van der Waals surface area (Å²) in [5, 5.41) is 4.94. The van der Waals surface area contributed by atoms with Gasteiger partial charge in [0.1, 0.15) is 0 Å². The maximum absolute atomic E-state index is 13.2. The molecule has 10 heteroatoms. The highest BCUT2D eigenvalue weighted by Gasteiger charge is 2.15. The highest BCUT2D eigenvalue weighted by molar-refractivity contribution is 7.99. The van der Waals surface area contributed by atoms with Crippen LogP contribution in [-0.4, -0.2) is 48.8 Å². The van der Waals surface area contributed by atoms with Gasteiger partial charge in [-0.15, -0.1) is 0 Å². The number of thioether (sulfide) groups is 1. The summed E-state index contributed by atoms with van der Waals surface area (Å²) < 4.78 is 17.5. The van der Waals surface area contributed by atoms with Crippen molar-refractivity contribution in [3.63, 3.8) is 0 Å². The normalized spacial score (nSPS) is 11.0. The van der Waals surface area contributed by atoms with E-state index < -0.39 is 0 Å². The largest absolute Gasteiger partial charge is 0.493 e. The zero-order valence-corrected chi connectivity index (χ0v) is 20.7. The van der Waals surface area contributed by atoms with E-state index in [-0.39, 0.29) is 17.2 Å². The molecule has 0 aliphatic heterocycles. The Morgan fingerprint density at radius 2 is 1.67 bits per heavy atom. The Labute approximate surface area is 211 Å². The van der Waals surface area contributed by atoms with E-state index in [4.69, 9.17) is 14.2 Å². The van der Waals surface area contributed by atoms with Gasteiger partial charge in [0.2, 0.25) is 5.75 Å². The monoisotopic (exact) mass is 504 g/mol. The fourth-order valence-corrected chi connectivity index (χ4v) is 4.34. The van der Waals surface area contributed by atoms with Crippen molar-refractivity contribution in [3.8, 4) is 22.9 Å². The summed E-state index contributed by atoms with van der Waals surface area (Å²) in [7, 11) is 4.56. The van der Waals surface area contributed by atoms with Gasteiger partial charge >= 0.3 is 0 Å². The molecule has 4 rings (SSSR count). The number of hydrogen-bond acceptors (Lipinski definition) is 8. The Morgan fingerprint density at radius 1 is 1.00 bits per heavy atom. The van der Waals surface area contributed by atoms with Gasteiger partial charge in [-0.25, -0.2) is 10.4 Å². The zero-order valence-electron chi connectivity index (χ0n) is 19.9. The summed E-state index contributed by atoms with van der Waals surface area (Å²) in [6, 6.07) is 19.8. The third-order valence-corrected chi connectivity index (χ3v) is 6.12. The van der Waals surface area contributed by atoms with Crippen molar-refractivity contribution < 1.29 is 19.0 Å². The molecule has 0 radical (unpaired) electrons. The predicted octanol–water partition coefficient (Wildman–Crippen LogP) is 3.65. The predicted molar refractivity (Wildman–Crippen MR) is 140 cm³/mol. The number of hydrazone groups is 1. The van der Waals surface area contributed by atoms with Crippen LogP contribution >= 0.6 is 11.8 Å². The second kappa shape index (κ2) is 11.4. The van der Waals surface area contributed by atoms with Crippen molar-refractivity contribution in [1.82, 2.24) is 15.0 Å². The van der Waals surface area contributed by atoms with E-state index >= 15 is 0 Å². The average Bonchev–Trinajstić information content (AvgIpc) is 2.91. The zero-order chi connectivity index (χ0) is 25.5. The van der Waals surface area contributed by atoms with Gasteiger partial charge in [-0.2, -0.15) is 5.10 Å². The molecule has 0 aliphatic rings. The second-order valence-electron chi connectivity index (χ2n) is 7.43. The summed E-state index contributed by atoms with van der Waals surface area (Å²) >= 11 is 1.15. The highest BCUT2D eigenvalue weighted by Crippen LogP contribution is 2.37. The Balaban J connectivity index is 1.52. The summed E-state index contributed by atoms with van der Waals surface area (Å²) in [5.41, 5.74) is 4.18. The van der Waals surface area contributed by atoms with Crippen molar-refractivity contribution in [1.29, 1.82) is 0 Å². The standard InChI is InChI=1S/C26H24N4O5S/c1-33-21-13-17(14-22(34-2)24(21)35-3)15-27-29-23(31)16-36-26-28-20-12-8-7-11-19(20)25(32)30(26)18-9-5-4-6-10-18/h4-15H,16H2,1-3H3,(H,29,31). The third kappa shape index (κ3) is 5.33. The van der Waals surface area contributed by atoms with Crippen LogP contribution in [0.25, 0.3) is 16.6 Å². The maximum atomic E-state index is 13.2. The van der Waals surface area contributed by atoms with Crippen molar-refractivity contribution in [2.75, 3.05) is 27.1 Å². The van der Waals surface area contributed by atoms with E-state index in [0.29, 0.717) is 44.6 Å². The molecule has 0 fully saturated rings. The van der Waals surface area contributed by atoms with Crippen LogP contribution in [0.4, 0.5) is 0 Å². The molecule has 1 amide bonds. The Bertz CT molecular complexity index is 1450. The molecule has 3 aromatic carbocycles. The fourth-order valence-electron chi connectivity index (χ4n) is 3.53. The molecule has 0 bridgehead atoms. The number of nitrogens with one attached hydrogen (secondary N) is 1. The number of fused-ring (bicyclic) bond motifs is 1. The van der Waals surface area contributed by atoms with Gasteiger partial charge < -0.3 is 14.2 Å². The molecule has 0 atom stereocenters. The third-order valence-electron chi connectivity index (χ3n) is 5.18. The number of para-hydroxylation sites is 2. The summed E-state index contributed by atoms with van der Waals surface area (Å²) in [6.45, 7) is 0. The molecule has 0 unspecified atom stereocenters. The van der Waals surface area contributed by atoms with E-state index in [9.17, 15) is 9.59 Å². The Morgan fingerprint density at radius 3 is 2.33 bits per heavy atom. The number of ether oxygens (including phenoxy) is 3. The molecular formula is C26H24N4O5S. The fraction of sp³-hybridized carbons (Fsp3) is 0.154. The number of methoxy groups -OCH3 is 3. The number of aromatic nitrogens is 2. The average molecular weight is 505 g/mol. The highest BCUT2D eigenvalue weighted by atomic mass is 32.2. The van der Waals surface area contributed by atoms with Crippen molar-refractivity contribution in [3.05, 3.63) is 82.6 Å². The summed E-state index contributed by atoms with van der Waals surface area (Å²) in [4.78, 5) is 30.4. The van der Waals surface area contributed by atoms with E-state index in [1.54, 1.807) is 30.3 Å². The topological polar surface area (TPSA) is 104 Å². The van der Waals surface area contributed by atoms with Gasteiger partial charge in [0.15, 0.2) is 16.7 Å². The van der Waals surface area contributed by atoms with Crippen molar-refractivity contribution in [2.45, 2.75) is 5.16 Å². The number of rotatable bonds is 9. The van der Waals surface area contributed by atoms with E-state index in [0.717, 1.165) is 11.8 Å². The number of benzene rings is 3. The van der Waals surface area contributed by atoms with Crippen LogP contribution in [0.5, 0.6) is 17.2 Å². The van der Waals surface area contributed by atoms with E-state index in [2.05, 4.69) is 15.5 Å². The van der Waals surface area contributed by atoms with Crippen LogP contribution in [-0.2, 0) is 4.79 Å². The van der Waals surface area contributed by atoms with Crippen molar-refractivity contribution >= 4 is 34.8 Å². The molecule has 0 spiro atoms. The van der Waals surface area contributed by atoms with Crippen LogP contribution < -0.4 is 25.2 Å². The lowest BCUT2D eigenvalue weighted by Crippen LogP contribution is -2.24. The summed E-state index contributed by atoms with van der Waals surface area (Å²) in [6.07, 6.45) is 1.47. The minimum absolute atomic E-state index is 0.00418. The van der Waals surface area contributed by atoms with Gasteiger partial charge in [0.05, 0.1) is 49.9 Å². The first-order valence-corrected chi connectivity index (χ1v) is 11.9. The number of carbonyl (C=O) groups excluding carboxylic acids is 1. The number of carbonyl (C=O) groups is 1. The lowest BCUT2D eigenvalue weighted by molar-refractivity contribution is -0.118. The molecule has 184 valence electrons. The Kier molecular flexibility index (Phi) is 7.86. The van der Waals surface area contributed by atoms with Crippen molar-refractivity contribution in [2.24, 2.45) is 5.10 Å². The minimum atomic E-state index is -0.356. The molecular weight excluding hydrogens is 480 g/mol. The van der Waals surface area contributed by atoms with Gasteiger partial charge in [0, 0.05) is 5.56 Å². The molecule has 9 nitrogen and oxygen atoms in total. The van der Waals surface area contributed by atoms with E-state index in [1.807, 2.05) is 36.4 Å². The number of amides is 1. The van der Waals surface area contributed by atoms with Crippen LogP contribution in [0.15, 0.2) is 81.8 Å². The van der Waals surface area contributed by atoms with Crippen LogP contribution in [0, 0.1) is 0 Å². The first-order valence-electron chi connectivity index (χ1n) is 10.9. The lowest BCUT2D eigenvalue weighted by Gasteiger charge is -2.13. The van der Waals surface area contributed by atoms with Gasteiger partial charge in [-0.05, 0) is 36.4 Å². The van der Waals surface area contributed by atoms with Gasteiger partial charge in [-0.1, -0.05) is 42.1 Å². The van der Waals surface area contributed by atoms with E-state index in [1.165, 1.54) is 32.1 Å². The maximum Gasteiger partial charge on any atom is 0.266 e. The molecule has 0 aliphatic carbocycles. The lowest BCUT2D eigenvalue weighted by atomic mass is 10.2. The van der Waals surface area contributed by atoms with Gasteiger partial charge in [-0.3, -0.25) is 14.2 Å². The molecule has 36 heavy (non-hydrogen) atoms. The molecule has 0 saturated carbocycles. The second-order valence-corrected chi connectivity index (χ2v) is 8.37. The number of hydrogen-bond donors (Lipinski definition) is 1. The van der Waals surface area contributed by atoms with Crippen LogP contribution in [0.3, 0.4) is 0 Å². The van der Waals surface area contributed by atoms with Gasteiger partial charge in [0.25, 0.3) is 11.5 Å². The Hall–Kier alpha value is -4.31. The molecule has 1 aromatic heterocycles. The molecule has 0 saturated heterocycles. The smallest absolute Gasteiger partial charge is 0.266 e. The summed E-state index contributed by atoms with van der Waals surface area (Å²) in [5.74, 6) is 1.06. The molecule has 1 heterocycles. The number of nitrogens with zero attached hydrogens (tertiary/aromatic N) is 3. The SMILES string of the molecule is COc1cc(C=NNC(=O)CSc2nc3ccccc3c(=O)n2-c2ccccc2)cc(OC)c1OC. The van der Waals surface area contributed by atoms with Crippen LogP contribution in [0.1, 0.15) is 5.56 Å². The first kappa shape index (κ1) is 24.8. The molecule has 4 aromatic rings. The quantitative estimate of drug-likeness (QED) is 0.161. The molecule has 1 N–H and O–H groups in total. The first-order chi connectivity index (χ1) is 17.5.